The van der Waals surface area contributed by atoms with Crippen LogP contribution >= 0.6 is 0 Å². The van der Waals surface area contributed by atoms with Crippen LogP contribution in [0.4, 0.5) is 0 Å². The molecule has 0 aliphatic heterocycles. The highest BCUT2D eigenvalue weighted by molar-refractivity contribution is 5.76. The van der Waals surface area contributed by atoms with Gasteiger partial charge >= 0.3 is 0 Å². The molecule has 43 heavy (non-hydrogen) atoms. The standard InChI is InChI=1S/C36H45N7/c1-4-7-22-31(34-37-25-16-10-11-17-26(25)38-34)43(32(23-8-5-2)35-39-27-18-12-13-19-28(27)40-35)33(24-9-6-3)36-41-29-20-14-15-21-30(29)42-36/h10-21,31-33H,4-9,22-24H2,1-3H3,(H,37,38)(H,39,40)(H,41,42). The first-order chi connectivity index (χ1) is 21.2. The fraction of sp³-hybridized carbons (Fsp3) is 0.417. The zero-order chi connectivity index (χ0) is 29.6. The Morgan fingerprint density at radius 1 is 0.488 bits per heavy atom. The lowest BCUT2D eigenvalue weighted by molar-refractivity contribution is 0.0445. The number of hydrogen-bond donors (Lipinski definition) is 3. The van der Waals surface area contributed by atoms with Gasteiger partial charge in [0.2, 0.25) is 0 Å². The maximum Gasteiger partial charge on any atom is 0.124 e. The van der Waals surface area contributed by atoms with Crippen molar-refractivity contribution in [2.75, 3.05) is 0 Å². The highest BCUT2D eigenvalue weighted by Gasteiger charge is 2.38. The first kappa shape index (κ1) is 29.1. The molecule has 0 amide bonds. The molecule has 224 valence electrons. The van der Waals surface area contributed by atoms with Gasteiger partial charge in [-0.1, -0.05) is 95.7 Å². The van der Waals surface area contributed by atoms with E-state index in [9.17, 15) is 0 Å². The van der Waals surface area contributed by atoms with Gasteiger partial charge in [0.05, 0.1) is 51.2 Å². The summed E-state index contributed by atoms with van der Waals surface area (Å²) in [5.74, 6) is 3.10. The second-order valence-electron chi connectivity index (χ2n) is 11.8. The fourth-order valence-electron chi connectivity index (χ4n) is 6.52. The molecular weight excluding hydrogens is 530 g/mol. The molecule has 6 aromatic rings. The average molecular weight is 576 g/mol. The van der Waals surface area contributed by atoms with Crippen molar-refractivity contribution in [1.29, 1.82) is 0 Å². The zero-order valence-electron chi connectivity index (χ0n) is 25.8. The molecule has 0 saturated carbocycles. The quantitative estimate of drug-likeness (QED) is 0.114. The van der Waals surface area contributed by atoms with Crippen molar-refractivity contribution in [3.63, 3.8) is 0 Å². The molecule has 3 heterocycles. The van der Waals surface area contributed by atoms with Gasteiger partial charge in [-0.3, -0.25) is 4.90 Å². The molecule has 0 aliphatic carbocycles. The molecule has 3 unspecified atom stereocenters. The minimum Gasteiger partial charge on any atom is -0.341 e. The monoisotopic (exact) mass is 575 g/mol. The summed E-state index contributed by atoms with van der Waals surface area (Å²) in [5.41, 5.74) is 6.30. The van der Waals surface area contributed by atoms with Crippen molar-refractivity contribution in [3.8, 4) is 0 Å². The third kappa shape index (κ3) is 6.23. The van der Waals surface area contributed by atoms with E-state index in [4.69, 9.17) is 15.0 Å². The van der Waals surface area contributed by atoms with E-state index in [1.807, 2.05) is 0 Å². The lowest BCUT2D eigenvalue weighted by atomic mass is 9.95. The van der Waals surface area contributed by atoms with E-state index in [1.54, 1.807) is 0 Å². The average Bonchev–Trinajstić information content (AvgIpc) is 3.77. The summed E-state index contributed by atoms with van der Waals surface area (Å²) in [6.45, 7) is 6.84. The predicted molar refractivity (Wildman–Crippen MR) is 177 cm³/mol. The molecule has 3 aromatic heterocycles. The predicted octanol–water partition coefficient (Wildman–Crippen LogP) is 9.71. The SMILES string of the molecule is CCCCC(c1nc2ccccc2[nH]1)N(C(CCCC)c1nc2ccccc2[nH]1)C(CCCC)c1nc2ccccc2[nH]1. The maximum absolute atomic E-state index is 5.23. The van der Waals surface area contributed by atoms with Crippen LogP contribution in [0.1, 0.15) is 114 Å². The molecule has 0 spiro atoms. The van der Waals surface area contributed by atoms with Crippen LogP contribution in [-0.4, -0.2) is 34.8 Å². The van der Waals surface area contributed by atoms with Gasteiger partial charge in [0.25, 0.3) is 0 Å². The van der Waals surface area contributed by atoms with Gasteiger partial charge in [-0.05, 0) is 55.7 Å². The first-order valence-electron chi connectivity index (χ1n) is 16.3. The molecule has 7 heteroatoms. The summed E-state index contributed by atoms with van der Waals surface area (Å²) in [6, 6.07) is 25.4. The molecule has 3 N–H and O–H groups in total. The third-order valence-corrected chi connectivity index (χ3v) is 8.74. The zero-order valence-corrected chi connectivity index (χ0v) is 25.8. The number of unbranched alkanes of at least 4 members (excludes halogenated alkanes) is 3. The molecule has 0 fully saturated rings. The first-order valence-corrected chi connectivity index (χ1v) is 16.3. The summed E-state index contributed by atoms with van der Waals surface area (Å²) in [4.78, 5) is 29.7. The number of nitrogens with one attached hydrogen (secondary N) is 3. The number of para-hydroxylation sites is 6. The van der Waals surface area contributed by atoms with Crippen molar-refractivity contribution in [3.05, 3.63) is 90.3 Å². The Labute approximate surface area is 254 Å². The van der Waals surface area contributed by atoms with Crippen molar-refractivity contribution >= 4 is 33.1 Å². The van der Waals surface area contributed by atoms with Crippen molar-refractivity contribution in [1.82, 2.24) is 34.8 Å². The van der Waals surface area contributed by atoms with Crippen LogP contribution in [0.3, 0.4) is 0 Å². The lowest BCUT2D eigenvalue weighted by Gasteiger charge is -2.41. The number of imidazole rings is 3. The van der Waals surface area contributed by atoms with E-state index in [-0.39, 0.29) is 18.1 Å². The number of hydrogen-bond acceptors (Lipinski definition) is 4. The molecular formula is C36H45N7. The van der Waals surface area contributed by atoms with Crippen LogP contribution in [0.25, 0.3) is 33.1 Å². The van der Waals surface area contributed by atoms with Gasteiger partial charge in [0, 0.05) is 0 Å². The Hall–Kier alpha value is -3.97. The highest BCUT2D eigenvalue weighted by atomic mass is 15.3. The molecule has 7 nitrogen and oxygen atoms in total. The molecule has 6 rings (SSSR count). The smallest absolute Gasteiger partial charge is 0.124 e. The van der Waals surface area contributed by atoms with E-state index < -0.39 is 0 Å². The van der Waals surface area contributed by atoms with E-state index >= 15 is 0 Å². The molecule has 0 aliphatic rings. The lowest BCUT2D eigenvalue weighted by Crippen LogP contribution is -2.38. The van der Waals surface area contributed by atoms with Crippen LogP contribution in [0.5, 0.6) is 0 Å². The van der Waals surface area contributed by atoms with Crippen molar-refractivity contribution < 1.29 is 0 Å². The molecule has 3 atom stereocenters. The Balaban J connectivity index is 1.56. The van der Waals surface area contributed by atoms with E-state index in [2.05, 4.69) is 113 Å². The number of benzene rings is 3. The van der Waals surface area contributed by atoms with Gasteiger partial charge in [-0.2, -0.15) is 0 Å². The largest absolute Gasteiger partial charge is 0.341 e. The minimum absolute atomic E-state index is 0.0671. The fourth-order valence-corrected chi connectivity index (χ4v) is 6.52. The summed E-state index contributed by atoms with van der Waals surface area (Å²) in [5, 5.41) is 0. The van der Waals surface area contributed by atoms with Gasteiger partial charge in [0.15, 0.2) is 0 Å². The normalized spacial score (nSPS) is 14.2. The van der Waals surface area contributed by atoms with Crippen LogP contribution in [0.2, 0.25) is 0 Å². The second-order valence-corrected chi connectivity index (χ2v) is 11.8. The van der Waals surface area contributed by atoms with Crippen LogP contribution in [-0.2, 0) is 0 Å². The number of fused-ring (bicyclic) bond motifs is 3. The van der Waals surface area contributed by atoms with E-state index in [0.29, 0.717) is 0 Å². The van der Waals surface area contributed by atoms with Crippen molar-refractivity contribution in [2.24, 2.45) is 0 Å². The summed E-state index contributed by atoms with van der Waals surface area (Å²) in [6.07, 6.45) is 9.71. The number of H-pyrrole nitrogens is 3. The molecule has 3 aromatic carbocycles. The molecule has 0 bridgehead atoms. The number of aromatic amines is 3. The Morgan fingerprint density at radius 2 is 0.791 bits per heavy atom. The molecule has 0 radical (unpaired) electrons. The highest BCUT2D eigenvalue weighted by Crippen LogP contribution is 2.44. The Morgan fingerprint density at radius 3 is 1.07 bits per heavy atom. The third-order valence-electron chi connectivity index (χ3n) is 8.74. The minimum atomic E-state index is 0.0671. The summed E-state index contributed by atoms with van der Waals surface area (Å²) >= 11 is 0. The number of aromatic nitrogens is 6. The topological polar surface area (TPSA) is 89.3 Å². The van der Waals surface area contributed by atoms with Gasteiger partial charge in [-0.25, -0.2) is 15.0 Å². The maximum atomic E-state index is 5.23. The van der Waals surface area contributed by atoms with Gasteiger partial charge in [-0.15, -0.1) is 0 Å². The Kier molecular flexibility index (Phi) is 9.18. The van der Waals surface area contributed by atoms with E-state index in [1.165, 1.54) is 0 Å². The summed E-state index contributed by atoms with van der Waals surface area (Å²) in [7, 11) is 0. The van der Waals surface area contributed by atoms with Crippen LogP contribution in [0, 0.1) is 0 Å². The van der Waals surface area contributed by atoms with Gasteiger partial charge in [0.1, 0.15) is 17.5 Å². The molecule has 0 saturated heterocycles. The van der Waals surface area contributed by atoms with Crippen molar-refractivity contribution in [2.45, 2.75) is 96.7 Å². The second kappa shape index (κ2) is 13.6. The summed E-state index contributed by atoms with van der Waals surface area (Å²) < 4.78 is 0. The number of nitrogens with zero attached hydrogens (tertiary/aromatic N) is 4. The van der Waals surface area contributed by atoms with Gasteiger partial charge < -0.3 is 15.0 Å². The Bertz CT molecular complexity index is 1440. The van der Waals surface area contributed by atoms with Crippen LogP contribution < -0.4 is 0 Å². The van der Waals surface area contributed by atoms with E-state index in [0.717, 1.165) is 108 Å². The van der Waals surface area contributed by atoms with Crippen LogP contribution in [0.15, 0.2) is 72.8 Å². The number of rotatable bonds is 15.